The Morgan fingerprint density at radius 3 is 2.88 bits per heavy atom. The molecule has 1 aliphatic heterocycles. The summed E-state index contributed by atoms with van der Waals surface area (Å²) < 4.78 is 0. The molecule has 5 nitrogen and oxygen atoms in total. The second-order valence-electron chi connectivity index (χ2n) is 4.27. The molecular formula is C11H21N3O2. The fourth-order valence-corrected chi connectivity index (χ4v) is 2.05. The van der Waals surface area contributed by atoms with Crippen LogP contribution in [-0.4, -0.2) is 42.3 Å². The van der Waals surface area contributed by atoms with Crippen LogP contribution in [0.4, 0.5) is 0 Å². The highest BCUT2D eigenvalue weighted by Gasteiger charge is 2.30. The van der Waals surface area contributed by atoms with Gasteiger partial charge in [0.1, 0.15) is 6.29 Å². The van der Waals surface area contributed by atoms with E-state index in [1.54, 1.807) is 4.90 Å². The van der Waals surface area contributed by atoms with E-state index in [9.17, 15) is 9.59 Å². The average molecular weight is 227 g/mol. The van der Waals surface area contributed by atoms with Gasteiger partial charge in [-0.2, -0.15) is 0 Å². The highest BCUT2D eigenvalue weighted by atomic mass is 16.2. The maximum atomic E-state index is 11.9. The fraction of sp³-hybridized carbons (Fsp3) is 0.818. The molecule has 2 atom stereocenters. The minimum Gasteiger partial charge on any atom is -0.332 e. The van der Waals surface area contributed by atoms with Crippen molar-refractivity contribution in [2.24, 2.45) is 11.5 Å². The lowest BCUT2D eigenvalue weighted by molar-refractivity contribution is -0.135. The van der Waals surface area contributed by atoms with E-state index < -0.39 is 6.04 Å². The summed E-state index contributed by atoms with van der Waals surface area (Å²) >= 11 is 0. The zero-order valence-electron chi connectivity index (χ0n) is 9.60. The summed E-state index contributed by atoms with van der Waals surface area (Å²) in [7, 11) is 0. The standard InChI is InChI=1S/C11H21N3O2/c12-6-2-1-5-10(13)11(16)14-7-3-4-9(14)8-15/h8-10H,1-7,12-13H2/t9-,10+/m1/s1. The molecular weight excluding hydrogens is 206 g/mol. The molecule has 1 fully saturated rings. The van der Waals surface area contributed by atoms with Gasteiger partial charge in [-0.1, -0.05) is 6.42 Å². The Morgan fingerprint density at radius 1 is 1.50 bits per heavy atom. The van der Waals surface area contributed by atoms with Crippen LogP contribution < -0.4 is 11.5 Å². The monoisotopic (exact) mass is 227 g/mol. The second kappa shape index (κ2) is 6.60. The molecule has 0 radical (unpaired) electrons. The van der Waals surface area contributed by atoms with Crippen LogP contribution in [0.25, 0.3) is 0 Å². The molecule has 0 aromatic heterocycles. The lowest BCUT2D eigenvalue weighted by Gasteiger charge is -2.24. The van der Waals surface area contributed by atoms with Gasteiger partial charge in [0.15, 0.2) is 0 Å². The number of amides is 1. The SMILES string of the molecule is NCCCC[C@H](N)C(=O)N1CCC[C@@H]1C=O. The van der Waals surface area contributed by atoms with Crippen molar-refractivity contribution in [2.45, 2.75) is 44.2 Å². The van der Waals surface area contributed by atoms with Gasteiger partial charge < -0.3 is 21.2 Å². The Kier molecular flexibility index (Phi) is 5.42. The van der Waals surface area contributed by atoms with E-state index in [0.29, 0.717) is 19.5 Å². The van der Waals surface area contributed by atoms with Crippen LogP contribution in [0.3, 0.4) is 0 Å². The van der Waals surface area contributed by atoms with E-state index in [-0.39, 0.29) is 11.9 Å². The maximum absolute atomic E-state index is 11.9. The number of carbonyl (C=O) groups is 2. The molecule has 1 aliphatic rings. The molecule has 0 bridgehead atoms. The molecule has 0 spiro atoms. The van der Waals surface area contributed by atoms with Crippen molar-refractivity contribution >= 4 is 12.2 Å². The van der Waals surface area contributed by atoms with Crippen LogP contribution in [0, 0.1) is 0 Å². The van der Waals surface area contributed by atoms with E-state index in [1.165, 1.54) is 0 Å². The summed E-state index contributed by atoms with van der Waals surface area (Å²) in [5.41, 5.74) is 11.2. The topological polar surface area (TPSA) is 89.4 Å². The van der Waals surface area contributed by atoms with Crippen molar-refractivity contribution in [1.82, 2.24) is 4.90 Å². The van der Waals surface area contributed by atoms with Gasteiger partial charge in [-0.25, -0.2) is 0 Å². The summed E-state index contributed by atoms with van der Waals surface area (Å²) in [5.74, 6) is -0.0911. The lowest BCUT2D eigenvalue weighted by Crippen LogP contribution is -2.46. The van der Waals surface area contributed by atoms with Crippen LogP contribution >= 0.6 is 0 Å². The molecule has 4 N–H and O–H groups in total. The molecule has 0 aromatic carbocycles. The average Bonchev–Trinajstić information content (AvgIpc) is 2.76. The minimum atomic E-state index is -0.480. The molecule has 0 aliphatic carbocycles. The Bertz CT molecular complexity index is 245. The predicted molar refractivity (Wildman–Crippen MR) is 61.7 cm³/mol. The van der Waals surface area contributed by atoms with Gasteiger partial charge in [-0.05, 0) is 32.2 Å². The first-order chi connectivity index (χ1) is 7.70. The summed E-state index contributed by atoms with van der Waals surface area (Å²) in [5, 5.41) is 0. The third-order valence-corrected chi connectivity index (χ3v) is 3.03. The molecule has 1 rings (SSSR count). The molecule has 5 heteroatoms. The number of unbranched alkanes of at least 4 members (excludes halogenated alkanes) is 1. The van der Waals surface area contributed by atoms with Crippen LogP contribution in [0.15, 0.2) is 0 Å². The fourth-order valence-electron chi connectivity index (χ4n) is 2.05. The van der Waals surface area contributed by atoms with Crippen molar-refractivity contribution in [2.75, 3.05) is 13.1 Å². The van der Waals surface area contributed by atoms with E-state index >= 15 is 0 Å². The van der Waals surface area contributed by atoms with Gasteiger partial charge in [0.2, 0.25) is 5.91 Å². The summed E-state index contributed by atoms with van der Waals surface area (Å²) in [6.45, 7) is 1.29. The zero-order valence-corrected chi connectivity index (χ0v) is 9.60. The summed E-state index contributed by atoms with van der Waals surface area (Å²) in [6.07, 6.45) is 4.91. The van der Waals surface area contributed by atoms with Crippen LogP contribution in [0.5, 0.6) is 0 Å². The number of carbonyl (C=O) groups excluding carboxylic acids is 2. The van der Waals surface area contributed by atoms with Crippen molar-refractivity contribution in [3.63, 3.8) is 0 Å². The van der Waals surface area contributed by atoms with Gasteiger partial charge >= 0.3 is 0 Å². The summed E-state index contributed by atoms with van der Waals surface area (Å²) in [6, 6.07) is -0.736. The van der Waals surface area contributed by atoms with Crippen molar-refractivity contribution in [3.8, 4) is 0 Å². The molecule has 1 heterocycles. The van der Waals surface area contributed by atoms with Crippen LogP contribution in [0.1, 0.15) is 32.1 Å². The lowest BCUT2D eigenvalue weighted by atomic mass is 10.1. The van der Waals surface area contributed by atoms with Crippen molar-refractivity contribution < 1.29 is 9.59 Å². The third-order valence-electron chi connectivity index (χ3n) is 3.03. The van der Waals surface area contributed by atoms with Gasteiger partial charge in [-0.3, -0.25) is 4.79 Å². The van der Waals surface area contributed by atoms with Gasteiger partial charge in [0.25, 0.3) is 0 Å². The Morgan fingerprint density at radius 2 is 2.25 bits per heavy atom. The minimum absolute atomic E-state index is 0.0911. The van der Waals surface area contributed by atoms with E-state index in [4.69, 9.17) is 11.5 Å². The Labute approximate surface area is 96.1 Å². The van der Waals surface area contributed by atoms with Gasteiger partial charge in [-0.15, -0.1) is 0 Å². The first kappa shape index (κ1) is 13.1. The number of nitrogens with zero attached hydrogens (tertiary/aromatic N) is 1. The zero-order chi connectivity index (χ0) is 12.0. The van der Waals surface area contributed by atoms with Crippen molar-refractivity contribution in [3.05, 3.63) is 0 Å². The highest BCUT2D eigenvalue weighted by Crippen LogP contribution is 2.17. The number of likely N-dealkylation sites (tertiary alicyclic amines) is 1. The number of nitrogens with two attached hydrogens (primary N) is 2. The van der Waals surface area contributed by atoms with Gasteiger partial charge in [0.05, 0.1) is 12.1 Å². The van der Waals surface area contributed by atoms with E-state index in [1.807, 2.05) is 0 Å². The molecule has 92 valence electrons. The van der Waals surface area contributed by atoms with Gasteiger partial charge in [0, 0.05) is 6.54 Å². The highest BCUT2D eigenvalue weighted by molar-refractivity contribution is 5.84. The molecule has 1 amide bonds. The molecule has 0 aromatic rings. The van der Waals surface area contributed by atoms with E-state index in [0.717, 1.165) is 32.0 Å². The smallest absolute Gasteiger partial charge is 0.240 e. The number of hydrogen-bond acceptors (Lipinski definition) is 4. The third kappa shape index (κ3) is 3.28. The Hall–Kier alpha value is -0.940. The van der Waals surface area contributed by atoms with E-state index in [2.05, 4.69) is 0 Å². The normalized spacial score (nSPS) is 22.1. The summed E-state index contributed by atoms with van der Waals surface area (Å²) in [4.78, 5) is 24.3. The van der Waals surface area contributed by atoms with Crippen LogP contribution in [0.2, 0.25) is 0 Å². The van der Waals surface area contributed by atoms with Crippen LogP contribution in [-0.2, 0) is 9.59 Å². The number of aldehydes is 1. The molecule has 0 unspecified atom stereocenters. The molecule has 16 heavy (non-hydrogen) atoms. The quantitative estimate of drug-likeness (QED) is 0.478. The maximum Gasteiger partial charge on any atom is 0.240 e. The van der Waals surface area contributed by atoms with Crippen molar-refractivity contribution in [1.29, 1.82) is 0 Å². The molecule has 1 saturated heterocycles. The second-order valence-corrected chi connectivity index (χ2v) is 4.27. The largest absolute Gasteiger partial charge is 0.332 e. The molecule has 0 saturated carbocycles. The first-order valence-electron chi connectivity index (χ1n) is 5.92. The Balaban J connectivity index is 2.40. The number of hydrogen-bond donors (Lipinski definition) is 2. The number of rotatable bonds is 6. The first-order valence-corrected chi connectivity index (χ1v) is 5.92. The predicted octanol–water partition coefficient (Wildman–Crippen LogP) is -0.367.